The highest BCUT2D eigenvalue weighted by molar-refractivity contribution is 5.95. The molecule has 2 heterocycles. The molecule has 1 saturated heterocycles. The molecule has 1 aromatic carbocycles. The molecule has 1 aliphatic heterocycles. The summed E-state index contributed by atoms with van der Waals surface area (Å²) in [5, 5.41) is 0. The van der Waals surface area contributed by atoms with Crippen molar-refractivity contribution in [2.24, 2.45) is 0 Å². The number of nitrogens with one attached hydrogen (secondary N) is 1. The van der Waals surface area contributed by atoms with Crippen LogP contribution in [-0.2, 0) is 6.42 Å². The molecule has 0 spiro atoms. The Labute approximate surface area is 131 Å². The van der Waals surface area contributed by atoms with Crippen molar-refractivity contribution in [1.82, 2.24) is 9.88 Å². The zero-order valence-electron chi connectivity index (χ0n) is 13.1. The minimum atomic E-state index is 0.148. The molecule has 0 saturated carbocycles. The standard InChI is InChI=1S/C18H22N2O2/c1-13-17(9-10-19-13)18(21)20-11-3-4-15(20)12-14-5-7-16(22-2)8-6-14/h5-10,15,19H,3-4,11-12H2,1-2H3. The maximum absolute atomic E-state index is 12.7. The number of aryl methyl sites for hydroxylation is 1. The van der Waals surface area contributed by atoms with Crippen molar-refractivity contribution in [2.45, 2.75) is 32.2 Å². The van der Waals surface area contributed by atoms with E-state index < -0.39 is 0 Å². The second-order valence-corrected chi connectivity index (χ2v) is 5.86. The van der Waals surface area contributed by atoms with Gasteiger partial charge in [-0.25, -0.2) is 0 Å². The van der Waals surface area contributed by atoms with E-state index in [1.54, 1.807) is 7.11 Å². The van der Waals surface area contributed by atoms with Crippen molar-refractivity contribution in [3.05, 3.63) is 53.3 Å². The van der Waals surface area contributed by atoms with Gasteiger partial charge in [-0.05, 0) is 49.9 Å². The number of carbonyl (C=O) groups excluding carboxylic acids is 1. The largest absolute Gasteiger partial charge is 0.497 e. The van der Waals surface area contributed by atoms with Gasteiger partial charge in [0.2, 0.25) is 0 Å². The van der Waals surface area contributed by atoms with Crippen LogP contribution in [-0.4, -0.2) is 35.5 Å². The molecule has 2 aromatic rings. The van der Waals surface area contributed by atoms with E-state index >= 15 is 0 Å². The fourth-order valence-electron chi connectivity index (χ4n) is 3.19. The van der Waals surface area contributed by atoms with E-state index in [-0.39, 0.29) is 11.9 Å². The quantitative estimate of drug-likeness (QED) is 0.942. The minimum Gasteiger partial charge on any atom is -0.497 e. The first-order chi connectivity index (χ1) is 10.7. The van der Waals surface area contributed by atoms with Crippen LogP contribution in [0.15, 0.2) is 36.5 Å². The van der Waals surface area contributed by atoms with Crippen LogP contribution >= 0.6 is 0 Å². The molecule has 4 nitrogen and oxygen atoms in total. The fourth-order valence-corrected chi connectivity index (χ4v) is 3.19. The van der Waals surface area contributed by atoms with Gasteiger partial charge in [0.15, 0.2) is 0 Å². The van der Waals surface area contributed by atoms with E-state index in [9.17, 15) is 4.79 Å². The molecule has 1 amide bonds. The molecular formula is C18H22N2O2. The maximum Gasteiger partial charge on any atom is 0.255 e. The van der Waals surface area contributed by atoms with Gasteiger partial charge in [0, 0.05) is 24.5 Å². The number of hydrogen-bond donors (Lipinski definition) is 1. The number of methoxy groups -OCH3 is 1. The molecule has 1 atom stereocenters. The van der Waals surface area contributed by atoms with Gasteiger partial charge in [0.05, 0.1) is 12.7 Å². The molecule has 22 heavy (non-hydrogen) atoms. The second kappa shape index (κ2) is 6.26. The van der Waals surface area contributed by atoms with E-state index in [1.165, 1.54) is 5.56 Å². The highest BCUT2D eigenvalue weighted by Gasteiger charge is 2.30. The zero-order chi connectivity index (χ0) is 15.5. The molecule has 1 aromatic heterocycles. The number of ether oxygens (including phenoxy) is 1. The summed E-state index contributed by atoms with van der Waals surface area (Å²) < 4.78 is 5.19. The molecular weight excluding hydrogens is 276 g/mol. The Hall–Kier alpha value is -2.23. The average Bonchev–Trinajstić information content (AvgIpc) is 3.16. The first-order valence-electron chi connectivity index (χ1n) is 7.77. The summed E-state index contributed by atoms with van der Waals surface area (Å²) in [5.74, 6) is 1.01. The number of aromatic amines is 1. The van der Waals surface area contributed by atoms with E-state index in [4.69, 9.17) is 4.74 Å². The lowest BCUT2D eigenvalue weighted by atomic mass is 10.0. The number of carbonyl (C=O) groups is 1. The van der Waals surface area contributed by atoms with Crippen LogP contribution in [0, 0.1) is 6.92 Å². The predicted octanol–water partition coefficient (Wildman–Crippen LogP) is 3.18. The molecule has 1 aliphatic rings. The van der Waals surface area contributed by atoms with Crippen LogP contribution in [0.1, 0.15) is 34.5 Å². The molecule has 0 radical (unpaired) electrons. The van der Waals surface area contributed by atoms with Crippen molar-refractivity contribution >= 4 is 5.91 Å². The summed E-state index contributed by atoms with van der Waals surface area (Å²) in [6, 6.07) is 10.3. The maximum atomic E-state index is 12.7. The molecule has 1 fully saturated rings. The van der Waals surface area contributed by atoms with Crippen LogP contribution < -0.4 is 4.74 Å². The third kappa shape index (κ3) is 2.86. The first-order valence-corrected chi connectivity index (χ1v) is 7.77. The minimum absolute atomic E-state index is 0.148. The Morgan fingerprint density at radius 2 is 2.09 bits per heavy atom. The third-order valence-corrected chi connectivity index (χ3v) is 4.45. The number of rotatable bonds is 4. The van der Waals surface area contributed by atoms with E-state index in [0.29, 0.717) is 0 Å². The van der Waals surface area contributed by atoms with Crippen molar-refractivity contribution in [2.75, 3.05) is 13.7 Å². The topological polar surface area (TPSA) is 45.3 Å². The molecule has 1 N–H and O–H groups in total. The van der Waals surface area contributed by atoms with Gasteiger partial charge in [-0.1, -0.05) is 12.1 Å². The first kappa shape index (κ1) is 14.7. The third-order valence-electron chi connectivity index (χ3n) is 4.45. The van der Waals surface area contributed by atoms with Gasteiger partial charge in [0.1, 0.15) is 5.75 Å². The fraction of sp³-hybridized carbons (Fsp3) is 0.389. The highest BCUT2D eigenvalue weighted by atomic mass is 16.5. The summed E-state index contributed by atoms with van der Waals surface area (Å²) in [6.45, 7) is 2.80. The van der Waals surface area contributed by atoms with Crippen LogP contribution in [0.4, 0.5) is 0 Å². The van der Waals surface area contributed by atoms with Gasteiger partial charge >= 0.3 is 0 Å². The van der Waals surface area contributed by atoms with Crippen molar-refractivity contribution < 1.29 is 9.53 Å². The van der Waals surface area contributed by atoms with Gasteiger partial charge in [-0.15, -0.1) is 0 Å². The molecule has 1 unspecified atom stereocenters. The van der Waals surface area contributed by atoms with Gasteiger partial charge in [-0.3, -0.25) is 4.79 Å². The Balaban J connectivity index is 1.72. The second-order valence-electron chi connectivity index (χ2n) is 5.86. The number of hydrogen-bond acceptors (Lipinski definition) is 2. The van der Waals surface area contributed by atoms with E-state index in [1.807, 2.05) is 36.2 Å². The Morgan fingerprint density at radius 1 is 1.32 bits per heavy atom. The van der Waals surface area contributed by atoms with Gasteiger partial charge in [-0.2, -0.15) is 0 Å². The Kier molecular flexibility index (Phi) is 4.18. The van der Waals surface area contributed by atoms with Crippen molar-refractivity contribution in [1.29, 1.82) is 0 Å². The van der Waals surface area contributed by atoms with Crippen LogP contribution in [0.5, 0.6) is 5.75 Å². The summed E-state index contributed by atoms with van der Waals surface area (Å²) in [7, 11) is 1.67. The zero-order valence-corrected chi connectivity index (χ0v) is 13.1. The lowest BCUT2D eigenvalue weighted by Crippen LogP contribution is -2.37. The smallest absolute Gasteiger partial charge is 0.255 e. The van der Waals surface area contributed by atoms with Gasteiger partial charge < -0.3 is 14.6 Å². The molecule has 116 valence electrons. The molecule has 4 heteroatoms. The van der Waals surface area contributed by atoms with Crippen LogP contribution in [0.3, 0.4) is 0 Å². The van der Waals surface area contributed by atoms with Crippen LogP contribution in [0.2, 0.25) is 0 Å². The Bertz CT molecular complexity index is 645. The summed E-state index contributed by atoms with van der Waals surface area (Å²) in [4.78, 5) is 17.8. The number of aromatic nitrogens is 1. The number of likely N-dealkylation sites (tertiary alicyclic amines) is 1. The van der Waals surface area contributed by atoms with Crippen LogP contribution in [0.25, 0.3) is 0 Å². The van der Waals surface area contributed by atoms with Crippen molar-refractivity contribution in [3.63, 3.8) is 0 Å². The lowest BCUT2D eigenvalue weighted by molar-refractivity contribution is 0.0736. The molecule has 3 rings (SSSR count). The summed E-state index contributed by atoms with van der Waals surface area (Å²) >= 11 is 0. The number of nitrogens with zero attached hydrogens (tertiary/aromatic N) is 1. The normalized spacial score (nSPS) is 17.7. The van der Waals surface area contributed by atoms with E-state index in [0.717, 1.165) is 42.8 Å². The van der Waals surface area contributed by atoms with E-state index in [2.05, 4.69) is 17.1 Å². The Morgan fingerprint density at radius 3 is 2.73 bits per heavy atom. The van der Waals surface area contributed by atoms with Crippen molar-refractivity contribution in [3.8, 4) is 5.75 Å². The monoisotopic (exact) mass is 298 g/mol. The number of H-pyrrole nitrogens is 1. The lowest BCUT2D eigenvalue weighted by Gasteiger charge is -2.25. The molecule has 0 aliphatic carbocycles. The average molecular weight is 298 g/mol. The number of benzene rings is 1. The SMILES string of the molecule is COc1ccc(CC2CCCN2C(=O)c2cc[nH]c2C)cc1. The summed E-state index contributed by atoms with van der Waals surface area (Å²) in [5.41, 5.74) is 2.98. The summed E-state index contributed by atoms with van der Waals surface area (Å²) in [6.07, 6.45) is 4.88. The predicted molar refractivity (Wildman–Crippen MR) is 86.3 cm³/mol. The molecule has 0 bridgehead atoms. The number of amides is 1. The highest BCUT2D eigenvalue weighted by Crippen LogP contribution is 2.25. The van der Waals surface area contributed by atoms with Gasteiger partial charge in [0.25, 0.3) is 5.91 Å².